The highest BCUT2D eigenvalue weighted by atomic mass is 32.1. The lowest BCUT2D eigenvalue weighted by molar-refractivity contribution is -0.115. The van der Waals surface area contributed by atoms with Crippen LogP contribution in [-0.2, 0) is 9.63 Å². The van der Waals surface area contributed by atoms with Crippen LogP contribution >= 0.6 is 11.3 Å². The molecule has 0 aliphatic carbocycles. The van der Waals surface area contributed by atoms with Crippen LogP contribution in [0.2, 0.25) is 0 Å². The van der Waals surface area contributed by atoms with Gasteiger partial charge in [-0.05, 0) is 12.1 Å². The van der Waals surface area contributed by atoms with Gasteiger partial charge in [0.05, 0.1) is 24.7 Å². The maximum atomic E-state index is 12.0. The molecular formula is C14H15N3O3S. The maximum absolute atomic E-state index is 12.0. The zero-order valence-electron chi connectivity index (χ0n) is 11.9. The minimum absolute atomic E-state index is 0.132. The minimum Gasteiger partial charge on any atom is -0.497 e. The van der Waals surface area contributed by atoms with E-state index < -0.39 is 0 Å². The van der Waals surface area contributed by atoms with Gasteiger partial charge >= 0.3 is 0 Å². The van der Waals surface area contributed by atoms with Crippen molar-refractivity contribution in [2.75, 3.05) is 19.1 Å². The summed E-state index contributed by atoms with van der Waals surface area (Å²) in [6, 6.07) is 7.26. The lowest BCUT2D eigenvalue weighted by Crippen LogP contribution is -2.22. The molecule has 0 saturated heterocycles. The van der Waals surface area contributed by atoms with Gasteiger partial charge in [0.15, 0.2) is 5.13 Å². The summed E-state index contributed by atoms with van der Waals surface area (Å²) in [5.74, 6) is 0.546. The maximum Gasteiger partial charge on any atom is 0.230 e. The number of aromatic nitrogens is 1. The molecule has 1 aromatic heterocycles. The van der Waals surface area contributed by atoms with Crippen LogP contribution in [0.25, 0.3) is 0 Å². The molecule has 1 heterocycles. The van der Waals surface area contributed by atoms with Gasteiger partial charge in [0.1, 0.15) is 12.9 Å². The van der Waals surface area contributed by atoms with Crippen molar-refractivity contribution in [3.05, 3.63) is 35.3 Å². The summed E-state index contributed by atoms with van der Waals surface area (Å²) in [5.41, 5.74) is 1.33. The molecule has 1 amide bonds. The highest BCUT2D eigenvalue weighted by Gasteiger charge is 2.18. The fourth-order valence-electron chi connectivity index (χ4n) is 1.72. The minimum atomic E-state index is -0.132. The molecule has 0 spiro atoms. The van der Waals surface area contributed by atoms with E-state index in [9.17, 15) is 4.79 Å². The van der Waals surface area contributed by atoms with Crippen LogP contribution in [-0.4, -0.2) is 31.3 Å². The zero-order valence-corrected chi connectivity index (χ0v) is 12.8. The molecule has 21 heavy (non-hydrogen) atoms. The van der Waals surface area contributed by atoms with E-state index in [4.69, 9.17) is 4.74 Å². The van der Waals surface area contributed by atoms with E-state index in [1.807, 2.05) is 18.2 Å². The third-order valence-electron chi connectivity index (χ3n) is 2.62. The van der Waals surface area contributed by atoms with Crippen LogP contribution in [0.3, 0.4) is 0 Å². The predicted molar refractivity (Wildman–Crippen MR) is 82.5 cm³/mol. The molecule has 0 radical (unpaired) electrons. The summed E-state index contributed by atoms with van der Waals surface area (Å²) in [6.45, 7) is 1.49. The number of anilines is 2. The van der Waals surface area contributed by atoms with Crippen molar-refractivity contribution >= 4 is 34.3 Å². The second-order valence-corrected chi connectivity index (χ2v) is 4.86. The molecule has 0 atom stereocenters. The Balaban J connectivity index is 2.36. The second kappa shape index (κ2) is 6.85. The number of hydrogen-bond acceptors (Lipinski definition) is 6. The van der Waals surface area contributed by atoms with Gasteiger partial charge in [-0.3, -0.25) is 9.69 Å². The number of thiazole rings is 1. The predicted octanol–water partition coefficient (Wildman–Crippen LogP) is 2.82. The van der Waals surface area contributed by atoms with Crippen LogP contribution in [0.15, 0.2) is 34.8 Å². The molecule has 0 saturated carbocycles. The normalized spacial score (nSPS) is 10.6. The molecular weight excluding hydrogens is 290 g/mol. The van der Waals surface area contributed by atoms with Crippen LogP contribution in [0.1, 0.15) is 12.6 Å². The fraction of sp³-hybridized carbons (Fsp3) is 0.214. The number of ether oxygens (including phenoxy) is 1. The summed E-state index contributed by atoms with van der Waals surface area (Å²) in [4.78, 5) is 22.5. The van der Waals surface area contributed by atoms with Gasteiger partial charge in [-0.1, -0.05) is 11.2 Å². The summed E-state index contributed by atoms with van der Waals surface area (Å²) >= 11 is 1.35. The Kier molecular flexibility index (Phi) is 4.89. The summed E-state index contributed by atoms with van der Waals surface area (Å²) < 4.78 is 5.19. The van der Waals surface area contributed by atoms with Crippen LogP contribution in [0, 0.1) is 0 Å². The van der Waals surface area contributed by atoms with Crippen molar-refractivity contribution in [3.8, 4) is 5.75 Å². The van der Waals surface area contributed by atoms with Gasteiger partial charge < -0.3 is 9.57 Å². The molecule has 110 valence electrons. The van der Waals surface area contributed by atoms with Crippen molar-refractivity contribution in [2.45, 2.75) is 6.92 Å². The average Bonchev–Trinajstić information content (AvgIpc) is 2.93. The molecule has 0 fully saturated rings. The Labute approximate surface area is 126 Å². The van der Waals surface area contributed by atoms with Gasteiger partial charge in [-0.2, -0.15) is 0 Å². The van der Waals surface area contributed by atoms with Crippen molar-refractivity contribution in [2.24, 2.45) is 5.16 Å². The lowest BCUT2D eigenvalue weighted by atomic mass is 10.3. The van der Waals surface area contributed by atoms with Gasteiger partial charge in [0, 0.05) is 18.4 Å². The van der Waals surface area contributed by atoms with Gasteiger partial charge in [0.25, 0.3) is 0 Å². The number of benzene rings is 1. The monoisotopic (exact) mass is 305 g/mol. The number of rotatable bonds is 5. The Bertz CT molecular complexity index is 654. The van der Waals surface area contributed by atoms with E-state index in [-0.39, 0.29) is 5.91 Å². The smallest absolute Gasteiger partial charge is 0.230 e. The summed E-state index contributed by atoms with van der Waals surface area (Å²) in [5, 5.41) is 6.02. The zero-order chi connectivity index (χ0) is 15.2. The van der Waals surface area contributed by atoms with Crippen molar-refractivity contribution < 1.29 is 14.4 Å². The van der Waals surface area contributed by atoms with E-state index in [0.29, 0.717) is 22.3 Å². The fourth-order valence-corrected chi connectivity index (χ4v) is 2.56. The summed E-state index contributed by atoms with van der Waals surface area (Å²) in [6.07, 6.45) is 1.49. The molecule has 2 rings (SSSR count). The van der Waals surface area contributed by atoms with Crippen molar-refractivity contribution in [1.29, 1.82) is 0 Å². The Morgan fingerprint density at radius 1 is 1.43 bits per heavy atom. The highest BCUT2D eigenvalue weighted by molar-refractivity contribution is 7.14. The molecule has 0 aliphatic rings. The topological polar surface area (TPSA) is 64.0 Å². The molecule has 0 unspecified atom stereocenters. The number of amides is 1. The van der Waals surface area contributed by atoms with E-state index in [1.165, 1.54) is 36.5 Å². The number of nitrogens with zero attached hydrogens (tertiary/aromatic N) is 3. The number of oxime groups is 1. The van der Waals surface area contributed by atoms with Gasteiger partial charge in [-0.15, -0.1) is 11.3 Å². The van der Waals surface area contributed by atoms with Gasteiger partial charge in [0.2, 0.25) is 5.91 Å². The molecule has 0 N–H and O–H groups in total. The molecule has 1 aromatic carbocycles. The van der Waals surface area contributed by atoms with E-state index in [2.05, 4.69) is 15.0 Å². The van der Waals surface area contributed by atoms with Crippen LogP contribution in [0.4, 0.5) is 10.8 Å². The Morgan fingerprint density at radius 3 is 2.90 bits per heavy atom. The molecule has 6 nitrogen and oxygen atoms in total. The molecule has 2 aromatic rings. The number of carbonyl (C=O) groups excluding carboxylic acids is 1. The van der Waals surface area contributed by atoms with Crippen LogP contribution < -0.4 is 9.64 Å². The second-order valence-electron chi connectivity index (χ2n) is 4.03. The largest absolute Gasteiger partial charge is 0.497 e. The van der Waals surface area contributed by atoms with Crippen LogP contribution in [0.5, 0.6) is 5.75 Å². The highest BCUT2D eigenvalue weighted by Crippen LogP contribution is 2.30. The number of carbonyl (C=O) groups is 1. The van der Waals surface area contributed by atoms with Crippen molar-refractivity contribution in [1.82, 2.24) is 4.98 Å². The average molecular weight is 305 g/mol. The van der Waals surface area contributed by atoms with Gasteiger partial charge in [-0.25, -0.2) is 4.98 Å². The first-order chi connectivity index (χ1) is 10.2. The molecule has 7 heteroatoms. The molecule has 0 bridgehead atoms. The first-order valence-electron chi connectivity index (χ1n) is 6.12. The Morgan fingerprint density at radius 2 is 2.24 bits per heavy atom. The van der Waals surface area contributed by atoms with E-state index in [1.54, 1.807) is 18.6 Å². The summed E-state index contributed by atoms with van der Waals surface area (Å²) in [7, 11) is 3.04. The quantitative estimate of drug-likeness (QED) is 0.629. The Hall–Kier alpha value is -2.41. The van der Waals surface area contributed by atoms with E-state index in [0.717, 1.165) is 0 Å². The first kappa shape index (κ1) is 15.0. The van der Waals surface area contributed by atoms with E-state index >= 15 is 0 Å². The SMILES string of the molecule is CO/N=C/c1csc(N(C(C)=O)c2cccc(OC)c2)n1. The third kappa shape index (κ3) is 3.57. The number of methoxy groups -OCH3 is 1. The standard InChI is InChI=1S/C14H15N3O3S/c1-10(18)17(12-5-4-6-13(7-12)19-2)14-16-11(9-21-14)8-15-20-3/h4-9H,1-3H3/b15-8+. The molecule has 0 aliphatic heterocycles. The third-order valence-corrected chi connectivity index (χ3v) is 3.46. The number of hydrogen-bond donors (Lipinski definition) is 0. The van der Waals surface area contributed by atoms with Crippen molar-refractivity contribution in [3.63, 3.8) is 0 Å². The lowest BCUT2D eigenvalue weighted by Gasteiger charge is -2.18. The first-order valence-corrected chi connectivity index (χ1v) is 7.00.